The van der Waals surface area contributed by atoms with Crippen molar-refractivity contribution in [1.82, 2.24) is 5.32 Å². The monoisotopic (exact) mass is 213 g/mol. The molecule has 0 rings (SSSR count). The molecule has 0 aliphatic carbocycles. The molecule has 3 heteroatoms. The molecule has 0 amide bonds. The van der Waals surface area contributed by atoms with Crippen molar-refractivity contribution in [2.45, 2.75) is 52.5 Å². The van der Waals surface area contributed by atoms with E-state index in [2.05, 4.69) is 5.32 Å². The highest BCUT2D eigenvalue weighted by Gasteiger charge is 2.17. The molecule has 0 aromatic rings. The van der Waals surface area contributed by atoms with Gasteiger partial charge in [-0.25, -0.2) is 0 Å². The second-order valence-electron chi connectivity index (χ2n) is 4.13. The van der Waals surface area contributed by atoms with E-state index in [1.165, 1.54) is 0 Å². The smallest absolute Gasteiger partial charge is 0.152 e. The molecule has 0 bridgehead atoms. The molecule has 15 heavy (non-hydrogen) atoms. The minimum absolute atomic E-state index is 0.0127. The standard InChI is InChI=1S/C12H23NO2/c1-4-11(12(15)10(2)3)13-8-6-5-7-9-14/h9-11,13H,4-8H2,1-3H3/t11-/m0/s1. The van der Waals surface area contributed by atoms with Gasteiger partial charge in [0.15, 0.2) is 5.78 Å². The Labute approximate surface area is 92.6 Å². The molecule has 0 aromatic heterocycles. The van der Waals surface area contributed by atoms with Crippen molar-refractivity contribution in [1.29, 1.82) is 0 Å². The Morgan fingerprint density at radius 3 is 2.47 bits per heavy atom. The van der Waals surface area contributed by atoms with Crippen molar-refractivity contribution >= 4 is 12.1 Å². The maximum Gasteiger partial charge on any atom is 0.152 e. The number of carbonyl (C=O) groups excluding carboxylic acids is 2. The first kappa shape index (κ1) is 14.3. The zero-order chi connectivity index (χ0) is 11.7. The van der Waals surface area contributed by atoms with Crippen molar-refractivity contribution < 1.29 is 9.59 Å². The van der Waals surface area contributed by atoms with E-state index in [0.717, 1.165) is 32.1 Å². The summed E-state index contributed by atoms with van der Waals surface area (Å²) in [5.41, 5.74) is 0. The normalized spacial score (nSPS) is 12.8. The van der Waals surface area contributed by atoms with Crippen LogP contribution in [0, 0.1) is 5.92 Å². The Bertz CT molecular complexity index is 190. The predicted octanol–water partition coefficient (Wildman–Crippen LogP) is 1.95. The molecule has 0 unspecified atom stereocenters. The van der Waals surface area contributed by atoms with Crippen LogP contribution < -0.4 is 5.32 Å². The number of hydrogen-bond acceptors (Lipinski definition) is 3. The lowest BCUT2D eigenvalue weighted by Gasteiger charge is -2.17. The average Bonchev–Trinajstić information content (AvgIpc) is 2.22. The van der Waals surface area contributed by atoms with Gasteiger partial charge in [0.25, 0.3) is 0 Å². The summed E-state index contributed by atoms with van der Waals surface area (Å²) in [6.07, 6.45) is 4.27. The Balaban J connectivity index is 3.70. The van der Waals surface area contributed by atoms with Gasteiger partial charge in [-0.3, -0.25) is 4.79 Å². The molecule has 1 N–H and O–H groups in total. The summed E-state index contributed by atoms with van der Waals surface area (Å²) in [6, 6.07) is -0.0127. The number of unbranched alkanes of at least 4 members (excludes halogenated alkanes) is 2. The Morgan fingerprint density at radius 1 is 1.33 bits per heavy atom. The highest BCUT2D eigenvalue weighted by Crippen LogP contribution is 2.03. The van der Waals surface area contributed by atoms with Crippen LogP contribution in [0.4, 0.5) is 0 Å². The molecule has 0 aromatic carbocycles. The first-order valence-electron chi connectivity index (χ1n) is 5.84. The number of rotatable bonds is 9. The van der Waals surface area contributed by atoms with Crippen LogP contribution in [0.2, 0.25) is 0 Å². The highest BCUT2D eigenvalue weighted by atomic mass is 16.1. The Kier molecular flexibility index (Phi) is 8.19. The fraction of sp³-hybridized carbons (Fsp3) is 0.833. The van der Waals surface area contributed by atoms with Gasteiger partial charge in [-0.2, -0.15) is 0 Å². The Morgan fingerprint density at radius 2 is 2.00 bits per heavy atom. The van der Waals surface area contributed by atoms with E-state index >= 15 is 0 Å². The zero-order valence-corrected chi connectivity index (χ0v) is 10.1. The van der Waals surface area contributed by atoms with Crippen LogP contribution in [-0.2, 0) is 9.59 Å². The van der Waals surface area contributed by atoms with Crippen LogP contribution >= 0.6 is 0 Å². The molecule has 0 fully saturated rings. The average molecular weight is 213 g/mol. The highest BCUT2D eigenvalue weighted by molar-refractivity contribution is 5.85. The number of hydrogen-bond donors (Lipinski definition) is 1. The van der Waals surface area contributed by atoms with Crippen LogP contribution in [0.5, 0.6) is 0 Å². The topological polar surface area (TPSA) is 46.2 Å². The minimum Gasteiger partial charge on any atom is -0.307 e. The third-order valence-corrected chi connectivity index (χ3v) is 2.46. The van der Waals surface area contributed by atoms with Crippen LogP contribution in [0.15, 0.2) is 0 Å². The van der Waals surface area contributed by atoms with Crippen molar-refractivity contribution in [3.63, 3.8) is 0 Å². The summed E-state index contributed by atoms with van der Waals surface area (Å²) in [5, 5.41) is 3.24. The molecular formula is C12H23NO2. The second kappa shape index (κ2) is 8.60. The fourth-order valence-electron chi connectivity index (χ4n) is 1.48. The first-order valence-corrected chi connectivity index (χ1v) is 5.84. The minimum atomic E-state index is -0.0127. The maximum atomic E-state index is 11.7. The van der Waals surface area contributed by atoms with Crippen LogP contribution in [0.25, 0.3) is 0 Å². The largest absolute Gasteiger partial charge is 0.307 e. The number of nitrogens with one attached hydrogen (secondary N) is 1. The van der Waals surface area contributed by atoms with Gasteiger partial charge in [-0.15, -0.1) is 0 Å². The molecule has 0 aliphatic heterocycles. The van der Waals surface area contributed by atoms with Gasteiger partial charge < -0.3 is 10.1 Å². The molecule has 0 saturated carbocycles. The number of ketones is 1. The molecule has 88 valence electrons. The van der Waals surface area contributed by atoms with E-state index in [-0.39, 0.29) is 17.7 Å². The summed E-state index contributed by atoms with van der Waals surface area (Å²) >= 11 is 0. The summed E-state index contributed by atoms with van der Waals surface area (Å²) in [6.45, 7) is 6.70. The van der Waals surface area contributed by atoms with Crippen molar-refractivity contribution in [3.8, 4) is 0 Å². The molecule has 3 nitrogen and oxygen atoms in total. The SMILES string of the molecule is CC[C@H](NCCCCC=O)C(=O)C(C)C. The quantitative estimate of drug-likeness (QED) is 0.470. The fourth-order valence-corrected chi connectivity index (χ4v) is 1.48. The lowest BCUT2D eigenvalue weighted by molar-refractivity contribution is -0.124. The number of Topliss-reactive ketones (excluding diaryl/α,β-unsaturated/α-hetero) is 1. The van der Waals surface area contributed by atoms with Gasteiger partial charge in [0.1, 0.15) is 6.29 Å². The predicted molar refractivity (Wildman–Crippen MR) is 61.8 cm³/mol. The summed E-state index contributed by atoms with van der Waals surface area (Å²) in [5.74, 6) is 0.380. The van der Waals surface area contributed by atoms with Gasteiger partial charge >= 0.3 is 0 Å². The van der Waals surface area contributed by atoms with E-state index in [1.54, 1.807) is 0 Å². The lowest BCUT2D eigenvalue weighted by atomic mass is 10.00. The molecule has 0 heterocycles. The van der Waals surface area contributed by atoms with Crippen molar-refractivity contribution in [2.24, 2.45) is 5.92 Å². The lowest BCUT2D eigenvalue weighted by Crippen LogP contribution is -2.39. The second-order valence-corrected chi connectivity index (χ2v) is 4.13. The van der Waals surface area contributed by atoms with E-state index in [9.17, 15) is 9.59 Å². The van der Waals surface area contributed by atoms with Crippen LogP contribution in [0.1, 0.15) is 46.5 Å². The zero-order valence-electron chi connectivity index (χ0n) is 10.1. The summed E-state index contributed by atoms with van der Waals surface area (Å²) in [7, 11) is 0. The van der Waals surface area contributed by atoms with E-state index in [1.807, 2.05) is 20.8 Å². The van der Waals surface area contributed by atoms with Crippen molar-refractivity contribution in [3.05, 3.63) is 0 Å². The maximum absolute atomic E-state index is 11.7. The molecule has 0 saturated heterocycles. The van der Waals surface area contributed by atoms with Gasteiger partial charge in [0.05, 0.1) is 6.04 Å². The van der Waals surface area contributed by atoms with Crippen LogP contribution in [-0.4, -0.2) is 24.7 Å². The van der Waals surface area contributed by atoms with E-state index in [4.69, 9.17) is 0 Å². The van der Waals surface area contributed by atoms with Gasteiger partial charge in [-0.05, 0) is 25.8 Å². The molecule has 0 spiro atoms. The van der Waals surface area contributed by atoms with Crippen LogP contribution in [0.3, 0.4) is 0 Å². The van der Waals surface area contributed by atoms with Gasteiger partial charge in [0.2, 0.25) is 0 Å². The van der Waals surface area contributed by atoms with Crippen molar-refractivity contribution in [2.75, 3.05) is 6.54 Å². The van der Waals surface area contributed by atoms with E-state index in [0.29, 0.717) is 6.42 Å². The molecule has 0 radical (unpaired) electrons. The molecule has 1 atom stereocenters. The third kappa shape index (κ3) is 6.39. The van der Waals surface area contributed by atoms with Gasteiger partial charge in [-0.1, -0.05) is 20.8 Å². The Hall–Kier alpha value is -0.700. The molecule has 0 aliphatic rings. The van der Waals surface area contributed by atoms with Gasteiger partial charge in [0, 0.05) is 12.3 Å². The number of aldehydes is 1. The van der Waals surface area contributed by atoms with E-state index < -0.39 is 0 Å². The third-order valence-electron chi connectivity index (χ3n) is 2.46. The molecular weight excluding hydrogens is 190 g/mol. The number of carbonyl (C=O) groups is 2. The summed E-state index contributed by atoms with van der Waals surface area (Å²) < 4.78 is 0. The summed E-state index contributed by atoms with van der Waals surface area (Å²) in [4.78, 5) is 21.8. The first-order chi connectivity index (χ1) is 7.13.